The molecule has 10 nitrogen and oxygen atoms in total. The molecule has 2 saturated carbocycles. The highest BCUT2D eigenvalue weighted by atomic mass is 19.4. The summed E-state index contributed by atoms with van der Waals surface area (Å²) in [6, 6.07) is -1.12. The maximum atomic E-state index is 14.7. The van der Waals surface area contributed by atoms with Crippen LogP contribution in [0, 0.1) is 44.8 Å². The standard InChI is InChI=1S/C37H59F3N4O6/c1-31(2,3)22(19-43-30(50)33(7,8)42)15-23(45)16-24(32(4,5)6)29(49)44-20-36(34(9,10)35(36)12-11-13-35)18-25(44)26(46)14-21(17-37(38,39)40)27(47)28(41)48/h21-22,24-25H,11-20,42H2,1-10H3,(H2,41,48)(H,43,50)/t21?,22-,24-,25+,36-/m1/s1. The minimum Gasteiger partial charge on any atom is -0.363 e. The van der Waals surface area contributed by atoms with Crippen molar-refractivity contribution in [2.45, 2.75) is 138 Å². The number of nitrogens with two attached hydrogens (primary N) is 2. The van der Waals surface area contributed by atoms with Crippen LogP contribution in [0.1, 0.15) is 121 Å². The molecule has 0 aromatic heterocycles. The second-order valence-electron chi connectivity index (χ2n) is 18.6. The van der Waals surface area contributed by atoms with E-state index >= 15 is 0 Å². The van der Waals surface area contributed by atoms with Crippen LogP contribution in [0.25, 0.3) is 0 Å². The minimum absolute atomic E-state index is 0.0748. The molecule has 2 aliphatic carbocycles. The number of nitrogens with one attached hydrogen (secondary N) is 1. The van der Waals surface area contributed by atoms with E-state index in [-0.39, 0.29) is 66.2 Å². The van der Waals surface area contributed by atoms with E-state index in [4.69, 9.17) is 11.5 Å². The average molecular weight is 713 g/mol. The Morgan fingerprint density at radius 3 is 1.82 bits per heavy atom. The van der Waals surface area contributed by atoms with Gasteiger partial charge in [0.25, 0.3) is 5.91 Å². The van der Waals surface area contributed by atoms with Gasteiger partial charge in [0, 0.05) is 49.6 Å². The summed E-state index contributed by atoms with van der Waals surface area (Å²) in [6.45, 7) is 19.2. The van der Waals surface area contributed by atoms with Crippen LogP contribution in [0.15, 0.2) is 0 Å². The van der Waals surface area contributed by atoms with Crippen molar-refractivity contribution in [1.82, 2.24) is 10.2 Å². The molecule has 1 unspecified atom stereocenters. The maximum absolute atomic E-state index is 14.7. The number of hydrogen-bond acceptors (Lipinski definition) is 7. The van der Waals surface area contributed by atoms with E-state index in [2.05, 4.69) is 19.2 Å². The smallest absolute Gasteiger partial charge is 0.363 e. The lowest BCUT2D eigenvalue weighted by molar-refractivity contribution is -0.158. The van der Waals surface area contributed by atoms with Crippen molar-refractivity contribution >= 4 is 35.1 Å². The summed E-state index contributed by atoms with van der Waals surface area (Å²) in [5.41, 5.74) is 7.98. The Morgan fingerprint density at radius 2 is 1.42 bits per heavy atom. The lowest BCUT2D eigenvalue weighted by atomic mass is 9.73. The van der Waals surface area contributed by atoms with Gasteiger partial charge in [0.05, 0.1) is 18.0 Å². The van der Waals surface area contributed by atoms with Gasteiger partial charge in [-0.15, -0.1) is 0 Å². The molecule has 13 heteroatoms. The van der Waals surface area contributed by atoms with Crippen molar-refractivity contribution < 1.29 is 41.9 Å². The Hall–Kier alpha value is -2.83. The number of amides is 3. The van der Waals surface area contributed by atoms with Crippen molar-refractivity contribution in [3.63, 3.8) is 0 Å². The number of ketones is 3. The van der Waals surface area contributed by atoms with Crippen LogP contribution in [0.3, 0.4) is 0 Å². The van der Waals surface area contributed by atoms with E-state index in [0.29, 0.717) is 0 Å². The first-order chi connectivity index (χ1) is 22.4. The number of likely N-dealkylation sites (tertiary alicyclic amines) is 1. The lowest BCUT2D eigenvalue weighted by Crippen LogP contribution is -2.51. The Labute approximate surface area is 294 Å². The lowest BCUT2D eigenvalue weighted by Gasteiger charge is -2.36. The van der Waals surface area contributed by atoms with Gasteiger partial charge in [-0.05, 0) is 60.7 Å². The third kappa shape index (κ3) is 8.12. The molecule has 0 radical (unpaired) electrons. The SMILES string of the molecule is CC(C)(N)C(=O)NC[C@@H](CC(=O)C[C@H](C(=O)N1C[C@]2(C[C@H]1C(=O)CC(CC(F)(F)F)C(=O)C(N)=O)C(C)(C)C21CCC1)C(C)(C)C)C(C)(C)C. The highest BCUT2D eigenvalue weighted by molar-refractivity contribution is 6.36. The van der Waals surface area contributed by atoms with E-state index in [9.17, 15) is 41.9 Å². The molecule has 0 aromatic carbocycles. The number of nitrogens with zero attached hydrogens (tertiary/aromatic N) is 1. The van der Waals surface area contributed by atoms with E-state index in [1.807, 2.05) is 41.5 Å². The monoisotopic (exact) mass is 712 g/mol. The molecule has 3 fully saturated rings. The van der Waals surface area contributed by atoms with Crippen molar-refractivity contribution in [2.75, 3.05) is 13.1 Å². The molecule has 5 atom stereocenters. The van der Waals surface area contributed by atoms with Crippen molar-refractivity contribution in [3.05, 3.63) is 0 Å². The number of fused-ring (bicyclic) bond motifs is 1. The van der Waals surface area contributed by atoms with Crippen LogP contribution >= 0.6 is 0 Å². The fraction of sp³-hybridized carbons (Fsp3) is 0.838. The molecule has 3 amide bonds. The normalized spacial score (nSPS) is 24.7. The quantitative estimate of drug-likeness (QED) is 0.215. The molecule has 0 aromatic rings. The van der Waals surface area contributed by atoms with Crippen LogP contribution < -0.4 is 16.8 Å². The van der Waals surface area contributed by atoms with Gasteiger partial charge in [-0.2, -0.15) is 13.2 Å². The zero-order valence-electron chi connectivity index (χ0n) is 31.6. The average Bonchev–Trinajstić information content (AvgIpc) is 3.13. The summed E-state index contributed by atoms with van der Waals surface area (Å²) in [7, 11) is 0. The van der Waals surface area contributed by atoms with Crippen LogP contribution in [0.2, 0.25) is 0 Å². The zero-order chi connectivity index (χ0) is 38.6. The van der Waals surface area contributed by atoms with Gasteiger partial charge < -0.3 is 21.7 Å². The Balaban J connectivity index is 1.93. The molecule has 1 saturated heterocycles. The highest BCUT2D eigenvalue weighted by Gasteiger charge is 2.85. The fourth-order valence-electron chi connectivity index (χ4n) is 8.91. The predicted molar refractivity (Wildman–Crippen MR) is 182 cm³/mol. The Kier molecular flexibility index (Phi) is 11.3. The summed E-state index contributed by atoms with van der Waals surface area (Å²) >= 11 is 0. The number of rotatable bonds is 14. The maximum Gasteiger partial charge on any atom is 0.389 e. The van der Waals surface area contributed by atoms with Crippen LogP contribution in [0.4, 0.5) is 13.2 Å². The molecule has 3 rings (SSSR count). The summed E-state index contributed by atoms with van der Waals surface area (Å²) in [5, 5.41) is 2.84. The Bertz CT molecular complexity index is 1380. The molecule has 284 valence electrons. The highest BCUT2D eigenvalue weighted by Crippen LogP contribution is 2.88. The molecule has 3 aliphatic rings. The first-order valence-electron chi connectivity index (χ1n) is 17.7. The Morgan fingerprint density at radius 1 is 0.860 bits per heavy atom. The number of primary amides is 1. The van der Waals surface area contributed by atoms with Gasteiger partial charge in [0.1, 0.15) is 5.78 Å². The molecule has 50 heavy (non-hydrogen) atoms. The molecular formula is C37H59F3N4O6. The van der Waals surface area contributed by atoms with Gasteiger partial charge in [0.15, 0.2) is 5.78 Å². The number of alkyl halides is 3. The van der Waals surface area contributed by atoms with Crippen LogP contribution in [0.5, 0.6) is 0 Å². The number of Topliss-reactive ketones (excluding diaryl/α,β-unsaturated/α-hetero) is 3. The molecule has 0 bridgehead atoms. The molecule has 1 aliphatic heterocycles. The zero-order valence-corrected chi connectivity index (χ0v) is 31.6. The molecule has 2 spiro atoms. The van der Waals surface area contributed by atoms with Crippen molar-refractivity contribution in [2.24, 2.45) is 56.3 Å². The van der Waals surface area contributed by atoms with Crippen LogP contribution in [-0.2, 0) is 28.8 Å². The largest absolute Gasteiger partial charge is 0.389 e. The third-order valence-electron chi connectivity index (χ3n) is 12.6. The van der Waals surface area contributed by atoms with Crippen molar-refractivity contribution in [1.29, 1.82) is 0 Å². The fourth-order valence-corrected chi connectivity index (χ4v) is 8.91. The van der Waals surface area contributed by atoms with E-state index in [1.54, 1.807) is 13.8 Å². The van der Waals surface area contributed by atoms with E-state index in [0.717, 1.165) is 19.3 Å². The summed E-state index contributed by atoms with van der Waals surface area (Å²) < 4.78 is 40.4. The number of carbonyl (C=O) groups is 6. The van der Waals surface area contributed by atoms with Gasteiger partial charge in [-0.3, -0.25) is 28.8 Å². The van der Waals surface area contributed by atoms with Gasteiger partial charge in [0.2, 0.25) is 17.6 Å². The van der Waals surface area contributed by atoms with Gasteiger partial charge in [-0.1, -0.05) is 61.8 Å². The first kappa shape index (κ1) is 41.6. The van der Waals surface area contributed by atoms with E-state index in [1.165, 1.54) is 4.90 Å². The molecular weight excluding hydrogens is 653 g/mol. The second kappa shape index (κ2) is 13.6. The topological polar surface area (TPSA) is 170 Å². The predicted octanol–water partition coefficient (Wildman–Crippen LogP) is 4.89. The summed E-state index contributed by atoms with van der Waals surface area (Å²) in [4.78, 5) is 80.6. The third-order valence-corrected chi connectivity index (χ3v) is 12.6. The minimum atomic E-state index is -4.83. The molecule has 5 N–H and O–H groups in total. The number of hydrogen-bond donors (Lipinski definition) is 3. The molecule has 1 heterocycles. The van der Waals surface area contributed by atoms with Crippen LogP contribution in [-0.4, -0.2) is 70.8 Å². The summed E-state index contributed by atoms with van der Waals surface area (Å²) in [5.74, 6) is -7.86. The summed E-state index contributed by atoms with van der Waals surface area (Å²) in [6.07, 6.45) is -4.40. The van der Waals surface area contributed by atoms with Crippen molar-refractivity contribution in [3.8, 4) is 0 Å². The number of carbonyl (C=O) groups excluding carboxylic acids is 6. The van der Waals surface area contributed by atoms with Gasteiger partial charge in [-0.25, -0.2) is 0 Å². The number of halogens is 3. The van der Waals surface area contributed by atoms with E-state index < -0.39 is 76.6 Å². The van der Waals surface area contributed by atoms with Gasteiger partial charge >= 0.3 is 6.18 Å². The first-order valence-corrected chi connectivity index (χ1v) is 17.7. The second-order valence-corrected chi connectivity index (χ2v) is 18.6.